The Morgan fingerprint density at radius 3 is 2.56 bits per heavy atom. The first-order valence-corrected chi connectivity index (χ1v) is 10.7. The van der Waals surface area contributed by atoms with Crippen LogP contribution in [0.5, 0.6) is 0 Å². The zero-order valence-electron chi connectivity index (χ0n) is 16.2. The Hall–Kier alpha value is -1.46. The monoisotopic (exact) mass is 369 g/mol. The molecule has 1 aromatic heterocycles. The first kappa shape index (κ1) is 17.6. The van der Waals surface area contributed by atoms with E-state index >= 15 is 0 Å². The van der Waals surface area contributed by atoms with E-state index in [0.29, 0.717) is 11.6 Å². The molecule has 2 saturated heterocycles. The molecular formula is C22H31N3O2. The average molecular weight is 370 g/mol. The van der Waals surface area contributed by atoms with E-state index in [1.54, 1.807) is 6.20 Å². The lowest BCUT2D eigenvalue weighted by atomic mass is 9.74. The topological polar surface area (TPSA) is 45.7 Å². The molecule has 0 unspecified atom stereocenters. The molecule has 1 spiro atoms. The molecule has 0 radical (unpaired) electrons. The van der Waals surface area contributed by atoms with Crippen LogP contribution < -0.4 is 0 Å². The molecule has 3 heterocycles. The first-order valence-electron chi connectivity index (χ1n) is 10.7. The summed E-state index contributed by atoms with van der Waals surface area (Å²) >= 11 is 0. The smallest absolute Gasteiger partial charge is 0.272 e. The molecule has 2 saturated carbocycles. The van der Waals surface area contributed by atoms with Gasteiger partial charge in [0, 0.05) is 39.0 Å². The van der Waals surface area contributed by atoms with Gasteiger partial charge < -0.3 is 9.64 Å². The van der Waals surface area contributed by atoms with Crippen molar-refractivity contribution in [3.8, 4) is 0 Å². The van der Waals surface area contributed by atoms with Crippen molar-refractivity contribution in [2.75, 3.05) is 39.4 Å². The number of hydrogen-bond acceptors (Lipinski definition) is 4. The molecule has 27 heavy (non-hydrogen) atoms. The Morgan fingerprint density at radius 1 is 1.07 bits per heavy atom. The van der Waals surface area contributed by atoms with E-state index in [1.807, 2.05) is 23.1 Å². The Morgan fingerprint density at radius 2 is 1.85 bits per heavy atom. The highest BCUT2D eigenvalue weighted by atomic mass is 16.5. The van der Waals surface area contributed by atoms with Gasteiger partial charge >= 0.3 is 0 Å². The number of likely N-dealkylation sites (tertiary alicyclic amines) is 2. The van der Waals surface area contributed by atoms with Crippen LogP contribution in [0.2, 0.25) is 0 Å². The molecule has 2 aliphatic heterocycles. The largest absolute Gasteiger partial charge is 0.381 e. The number of amides is 1. The maximum absolute atomic E-state index is 12.7. The molecule has 4 aliphatic rings. The summed E-state index contributed by atoms with van der Waals surface area (Å²) in [6.07, 6.45) is 9.61. The van der Waals surface area contributed by atoms with Gasteiger partial charge in [0.25, 0.3) is 5.91 Å². The fourth-order valence-corrected chi connectivity index (χ4v) is 4.86. The van der Waals surface area contributed by atoms with E-state index in [0.717, 1.165) is 38.1 Å². The van der Waals surface area contributed by atoms with Gasteiger partial charge in [-0.1, -0.05) is 6.07 Å². The molecule has 5 rings (SSSR count). The minimum atomic E-state index is 0.0831. The number of pyridine rings is 1. The molecule has 1 atom stereocenters. The fraction of sp³-hybridized carbons (Fsp3) is 0.727. The van der Waals surface area contributed by atoms with Crippen LogP contribution >= 0.6 is 0 Å². The van der Waals surface area contributed by atoms with Crippen molar-refractivity contribution in [1.29, 1.82) is 0 Å². The number of hydrogen-bond donors (Lipinski definition) is 0. The van der Waals surface area contributed by atoms with Crippen LogP contribution in [-0.4, -0.2) is 65.6 Å². The lowest BCUT2D eigenvalue weighted by Crippen LogP contribution is -2.73. The highest BCUT2D eigenvalue weighted by Gasteiger charge is 2.53. The molecule has 146 valence electrons. The standard InChI is InChI=1S/C22H31N3O2/c26-21(20-3-1-2-9-23-20)24-15-22(16-24)11-19(14-27-13-18-6-7-18)8-10-25(22)12-17-4-5-17/h1-3,9,17-19H,4-8,10-16H2/t19-/m1/s1. The maximum atomic E-state index is 12.7. The van der Waals surface area contributed by atoms with Crippen LogP contribution in [0.25, 0.3) is 0 Å². The summed E-state index contributed by atoms with van der Waals surface area (Å²) in [5.41, 5.74) is 0.750. The van der Waals surface area contributed by atoms with Gasteiger partial charge in [-0.15, -0.1) is 0 Å². The lowest BCUT2D eigenvalue weighted by molar-refractivity contribution is -0.0897. The van der Waals surface area contributed by atoms with Crippen LogP contribution in [0.3, 0.4) is 0 Å². The summed E-state index contributed by atoms with van der Waals surface area (Å²) in [6.45, 7) is 5.96. The Bertz CT molecular complexity index is 665. The SMILES string of the molecule is O=C(c1ccccn1)N1CC2(C[C@H](COCC3CC3)CCN2CC2CC2)C1. The van der Waals surface area contributed by atoms with E-state index in [-0.39, 0.29) is 11.4 Å². The van der Waals surface area contributed by atoms with Crippen LogP contribution in [0.15, 0.2) is 24.4 Å². The molecule has 5 heteroatoms. The summed E-state index contributed by atoms with van der Waals surface area (Å²) < 4.78 is 6.02. The van der Waals surface area contributed by atoms with E-state index < -0.39 is 0 Å². The van der Waals surface area contributed by atoms with Gasteiger partial charge in [0.1, 0.15) is 5.69 Å². The predicted molar refractivity (Wildman–Crippen MR) is 103 cm³/mol. The maximum Gasteiger partial charge on any atom is 0.272 e. The summed E-state index contributed by atoms with van der Waals surface area (Å²) in [6, 6.07) is 5.58. The summed E-state index contributed by atoms with van der Waals surface area (Å²) in [7, 11) is 0. The van der Waals surface area contributed by atoms with Gasteiger partial charge in [0.15, 0.2) is 0 Å². The van der Waals surface area contributed by atoms with E-state index in [9.17, 15) is 4.79 Å². The van der Waals surface area contributed by atoms with E-state index in [2.05, 4.69) is 9.88 Å². The van der Waals surface area contributed by atoms with Gasteiger partial charge in [-0.3, -0.25) is 14.7 Å². The number of carbonyl (C=O) groups excluding carboxylic acids is 1. The quantitative estimate of drug-likeness (QED) is 0.741. The minimum Gasteiger partial charge on any atom is -0.381 e. The molecule has 5 nitrogen and oxygen atoms in total. The van der Waals surface area contributed by atoms with Crippen molar-refractivity contribution in [2.45, 2.75) is 44.1 Å². The molecule has 1 amide bonds. The number of carbonyl (C=O) groups is 1. The van der Waals surface area contributed by atoms with Crippen molar-refractivity contribution in [3.05, 3.63) is 30.1 Å². The van der Waals surface area contributed by atoms with Crippen LogP contribution in [0.1, 0.15) is 49.0 Å². The zero-order valence-corrected chi connectivity index (χ0v) is 16.2. The second-order valence-electron chi connectivity index (χ2n) is 9.33. The second-order valence-corrected chi connectivity index (χ2v) is 9.33. The Balaban J connectivity index is 1.21. The lowest BCUT2D eigenvalue weighted by Gasteiger charge is -2.59. The molecule has 1 aromatic rings. The van der Waals surface area contributed by atoms with Crippen LogP contribution in [0, 0.1) is 17.8 Å². The summed E-state index contributed by atoms with van der Waals surface area (Å²) in [4.78, 5) is 21.7. The predicted octanol–water partition coefficient (Wildman–Crippen LogP) is 2.82. The van der Waals surface area contributed by atoms with Crippen molar-refractivity contribution in [1.82, 2.24) is 14.8 Å². The third kappa shape index (κ3) is 3.90. The van der Waals surface area contributed by atoms with Crippen LogP contribution in [0.4, 0.5) is 0 Å². The summed E-state index contributed by atoms with van der Waals surface area (Å²) in [5.74, 6) is 2.46. The minimum absolute atomic E-state index is 0.0831. The summed E-state index contributed by atoms with van der Waals surface area (Å²) in [5, 5.41) is 0. The van der Waals surface area contributed by atoms with Crippen molar-refractivity contribution in [2.24, 2.45) is 17.8 Å². The number of ether oxygens (including phenoxy) is 1. The van der Waals surface area contributed by atoms with Gasteiger partial charge in [-0.25, -0.2) is 0 Å². The number of aromatic nitrogens is 1. The molecule has 0 N–H and O–H groups in total. The molecule has 0 bridgehead atoms. The number of nitrogens with zero attached hydrogens (tertiary/aromatic N) is 3. The highest BCUT2D eigenvalue weighted by molar-refractivity contribution is 5.93. The van der Waals surface area contributed by atoms with Gasteiger partial charge in [0.05, 0.1) is 5.54 Å². The average Bonchev–Trinajstić information content (AvgIpc) is 3.57. The first-order chi connectivity index (χ1) is 13.2. The van der Waals surface area contributed by atoms with Crippen molar-refractivity contribution >= 4 is 5.91 Å². The molecule has 2 aliphatic carbocycles. The van der Waals surface area contributed by atoms with Crippen molar-refractivity contribution in [3.63, 3.8) is 0 Å². The molecular weight excluding hydrogens is 338 g/mol. The van der Waals surface area contributed by atoms with Gasteiger partial charge in [-0.2, -0.15) is 0 Å². The third-order valence-electron chi connectivity index (χ3n) is 6.87. The van der Waals surface area contributed by atoms with Gasteiger partial charge in [-0.05, 0) is 75.0 Å². The molecule has 0 aromatic carbocycles. The zero-order chi connectivity index (χ0) is 18.3. The fourth-order valence-electron chi connectivity index (χ4n) is 4.86. The number of rotatable bonds is 7. The normalized spacial score (nSPS) is 27.6. The Kier molecular flexibility index (Phi) is 4.68. The molecule has 4 fully saturated rings. The number of piperidine rings is 1. The Labute approximate surface area is 162 Å². The van der Waals surface area contributed by atoms with Gasteiger partial charge in [0.2, 0.25) is 0 Å². The van der Waals surface area contributed by atoms with E-state index in [4.69, 9.17) is 4.74 Å². The highest BCUT2D eigenvalue weighted by Crippen LogP contribution is 2.42. The van der Waals surface area contributed by atoms with Crippen LogP contribution in [-0.2, 0) is 4.74 Å². The second kappa shape index (κ2) is 7.17. The third-order valence-corrected chi connectivity index (χ3v) is 6.87. The van der Waals surface area contributed by atoms with Crippen molar-refractivity contribution < 1.29 is 9.53 Å². The van der Waals surface area contributed by atoms with E-state index in [1.165, 1.54) is 51.6 Å².